The molecule has 0 saturated carbocycles. The number of aryl methyl sites for hydroxylation is 2. The zero-order chi connectivity index (χ0) is 22.3. The molecule has 2 aromatic heterocycles. The number of rotatable bonds is 3. The first-order chi connectivity index (χ1) is 14.8. The number of nitrogens with zero attached hydrogens (tertiary/aromatic N) is 4. The van der Waals surface area contributed by atoms with E-state index in [1.807, 2.05) is 42.7 Å². The molecule has 1 aromatic carbocycles. The zero-order valence-corrected chi connectivity index (χ0v) is 18.6. The average Bonchev–Trinajstić information content (AvgIpc) is 3.19. The predicted octanol–water partition coefficient (Wildman–Crippen LogP) is 3.32. The molecule has 2 atom stereocenters. The van der Waals surface area contributed by atoms with Crippen LogP contribution in [-0.2, 0) is 4.79 Å². The number of nitrogens with two attached hydrogens (primary N) is 1. The minimum atomic E-state index is -0.931. The fourth-order valence-electron chi connectivity index (χ4n) is 3.60. The van der Waals surface area contributed by atoms with Gasteiger partial charge in [-0.3, -0.25) is 14.4 Å². The van der Waals surface area contributed by atoms with Crippen molar-refractivity contribution in [3.63, 3.8) is 0 Å². The summed E-state index contributed by atoms with van der Waals surface area (Å²) in [7, 11) is 0. The molecule has 3 N–H and O–H groups in total. The molecule has 3 aromatic rings. The van der Waals surface area contributed by atoms with E-state index in [0.29, 0.717) is 11.6 Å². The SMILES string of the molecule is Cc1sc2c(c1C)C(c1ccc(C#CC(C)N)cc1)=N[C@H](CC(=O)O)c1nnc(C)n1-2. The predicted molar refractivity (Wildman–Crippen MR) is 121 cm³/mol. The molecule has 0 spiro atoms. The van der Waals surface area contributed by atoms with E-state index in [1.165, 1.54) is 4.88 Å². The molecular formula is C23H23N5O2S. The van der Waals surface area contributed by atoms with Crippen molar-refractivity contribution in [1.29, 1.82) is 0 Å². The molecule has 8 heteroatoms. The fourth-order valence-corrected chi connectivity index (χ4v) is 4.81. The van der Waals surface area contributed by atoms with Crippen LogP contribution in [0.25, 0.3) is 5.00 Å². The Morgan fingerprint density at radius 1 is 1.26 bits per heavy atom. The summed E-state index contributed by atoms with van der Waals surface area (Å²) in [5, 5.41) is 19.0. The van der Waals surface area contributed by atoms with Gasteiger partial charge in [0.1, 0.15) is 16.9 Å². The van der Waals surface area contributed by atoms with Crippen LogP contribution >= 0.6 is 11.3 Å². The van der Waals surface area contributed by atoms with Crippen LogP contribution in [0.3, 0.4) is 0 Å². The second kappa shape index (κ2) is 8.10. The molecule has 0 aliphatic carbocycles. The van der Waals surface area contributed by atoms with Gasteiger partial charge in [0.25, 0.3) is 0 Å². The Morgan fingerprint density at radius 3 is 2.61 bits per heavy atom. The number of thiophene rings is 1. The molecule has 0 saturated heterocycles. The normalized spacial score (nSPS) is 15.8. The number of carboxylic acid groups (broad SMARTS) is 1. The smallest absolute Gasteiger partial charge is 0.306 e. The number of hydrogen-bond donors (Lipinski definition) is 2. The molecule has 0 fully saturated rings. The third-order valence-electron chi connectivity index (χ3n) is 5.21. The Labute approximate surface area is 184 Å². The quantitative estimate of drug-likeness (QED) is 0.616. The molecule has 31 heavy (non-hydrogen) atoms. The second-order valence-electron chi connectivity index (χ2n) is 7.63. The van der Waals surface area contributed by atoms with Gasteiger partial charge < -0.3 is 10.8 Å². The number of carboxylic acids is 1. The van der Waals surface area contributed by atoms with Crippen molar-refractivity contribution in [2.75, 3.05) is 0 Å². The lowest BCUT2D eigenvalue weighted by molar-refractivity contribution is -0.137. The highest BCUT2D eigenvalue weighted by atomic mass is 32.1. The highest BCUT2D eigenvalue weighted by Gasteiger charge is 2.32. The van der Waals surface area contributed by atoms with Crippen LogP contribution in [0, 0.1) is 32.6 Å². The molecular weight excluding hydrogens is 410 g/mol. The summed E-state index contributed by atoms with van der Waals surface area (Å²) >= 11 is 1.64. The zero-order valence-electron chi connectivity index (χ0n) is 17.8. The van der Waals surface area contributed by atoms with Gasteiger partial charge in [-0.25, -0.2) is 0 Å². The molecule has 1 aliphatic heterocycles. The molecule has 0 bridgehead atoms. The molecule has 0 radical (unpaired) electrons. The maximum absolute atomic E-state index is 11.6. The van der Waals surface area contributed by atoms with Crippen LogP contribution in [0.5, 0.6) is 0 Å². The van der Waals surface area contributed by atoms with E-state index >= 15 is 0 Å². The van der Waals surface area contributed by atoms with E-state index in [-0.39, 0.29) is 12.5 Å². The molecule has 3 heterocycles. The van der Waals surface area contributed by atoms with Crippen molar-refractivity contribution in [2.24, 2.45) is 10.7 Å². The molecule has 1 unspecified atom stereocenters. The molecule has 158 valence electrons. The lowest BCUT2D eigenvalue weighted by atomic mass is 9.98. The summed E-state index contributed by atoms with van der Waals surface area (Å²) in [6.07, 6.45) is -0.160. The van der Waals surface area contributed by atoms with Gasteiger partial charge in [-0.2, -0.15) is 0 Å². The average molecular weight is 434 g/mol. The van der Waals surface area contributed by atoms with Gasteiger partial charge in [0.05, 0.1) is 18.2 Å². The summed E-state index contributed by atoms with van der Waals surface area (Å²) < 4.78 is 1.95. The largest absolute Gasteiger partial charge is 0.481 e. The second-order valence-corrected chi connectivity index (χ2v) is 8.83. The van der Waals surface area contributed by atoms with Gasteiger partial charge in [0.15, 0.2) is 5.82 Å². The van der Waals surface area contributed by atoms with E-state index in [4.69, 9.17) is 10.7 Å². The Balaban J connectivity index is 1.91. The van der Waals surface area contributed by atoms with E-state index in [2.05, 4.69) is 35.9 Å². The van der Waals surface area contributed by atoms with E-state index in [1.54, 1.807) is 11.3 Å². The van der Waals surface area contributed by atoms with Crippen LogP contribution in [0.2, 0.25) is 0 Å². The van der Waals surface area contributed by atoms with Crippen LogP contribution in [-0.4, -0.2) is 37.6 Å². The van der Waals surface area contributed by atoms with Gasteiger partial charge in [-0.05, 0) is 45.4 Å². The molecule has 1 aliphatic rings. The van der Waals surface area contributed by atoms with Crippen molar-refractivity contribution < 1.29 is 9.90 Å². The first-order valence-electron chi connectivity index (χ1n) is 9.96. The van der Waals surface area contributed by atoms with Crippen LogP contribution < -0.4 is 5.73 Å². The first kappa shape index (κ1) is 21.0. The van der Waals surface area contributed by atoms with Crippen LogP contribution in [0.15, 0.2) is 29.3 Å². The third kappa shape index (κ3) is 3.90. The maximum atomic E-state index is 11.6. The van der Waals surface area contributed by atoms with E-state index < -0.39 is 12.0 Å². The van der Waals surface area contributed by atoms with Gasteiger partial charge in [-0.15, -0.1) is 21.5 Å². The Hall–Kier alpha value is -3.28. The Morgan fingerprint density at radius 2 is 1.97 bits per heavy atom. The van der Waals surface area contributed by atoms with Gasteiger partial charge in [0.2, 0.25) is 0 Å². The minimum Gasteiger partial charge on any atom is -0.481 e. The number of aliphatic carboxylic acids is 1. The number of aliphatic imine (C=N–C) groups is 1. The minimum absolute atomic E-state index is 0.160. The molecule has 7 nitrogen and oxygen atoms in total. The standard InChI is InChI=1S/C23H23N5O2S/c1-12(24)5-6-16-7-9-17(10-8-16)21-20-13(2)14(3)31-23(20)28-15(4)26-27-22(28)18(25-21)11-19(29)30/h7-10,12,18H,11,24H2,1-4H3,(H,29,30)/t12?,18-/m1/s1. The lowest BCUT2D eigenvalue weighted by Gasteiger charge is -2.11. The number of carbonyl (C=O) groups is 1. The summed E-state index contributed by atoms with van der Waals surface area (Å²) in [6, 6.07) is 6.98. The van der Waals surface area contributed by atoms with Crippen molar-refractivity contribution in [1.82, 2.24) is 14.8 Å². The molecule has 0 amide bonds. The number of fused-ring (bicyclic) bond motifs is 3. The fraction of sp³-hybridized carbons (Fsp3) is 0.304. The van der Waals surface area contributed by atoms with Gasteiger partial charge in [-0.1, -0.05) is 24.0 Å². The first-order valence-corrected chi connectivity index (χ1v) is 10.8. The van der Waals surface area contributed by atoms with Crippen LogP contribution in [0.1, 0.15) is 58.2 Å². The summed E-state index contributed by atoms with van der Waals surface area (Å²) in [4.78, 5) is 17.7. The highest BCUT2D eigenvalue weighted by molar-refractivity contribution is 7.15. The van der Waals surface area contributed by atoms with E-state index in [0.717, 1.165) is 33.0 Å². The number of benzene rings is 1. The van der Waals surface area contributed by atoms with Crippen LogP contribution in [0.4, 0.5) is 0 Å². The van der Waals surface area contributed by atoms with Crippen molar-refractivity contribution in [3.05, 3.63) is 63.0 Å². The monoisotopic (exact) mass is 433 g/mol. The van der Waals surface area contributed by atoms with Crippen molar-refractivity contribution >= 4 is 23.0 Å². The van der Waals surface area contributed by atoms with Crippen molar-refractivity contribution in [3.8, 4) is 16.8 Å². The Bertz CT molecular complexity index is 1260. The molecule has 4 rings (SSSR count). The van der Waals surface area contributed by atoms with E-state index in [9.17, 15) is 9.90 Å². The summed E-state index contributed by atoms with van der Waals surface area (Å²) in [5.41, 5.74) is 10.4. The number of aromatic nitrogens is 3. The van der Waals surface area contributed by atoms with Gasteiger partial charge >= 0.3 is 5.97 Å². The lowest BCUT2D eigenvalue weighted by Crippen LogP contribution is -2.11. The topological polar surface area (TPSA) is 106 Å². The van der Waals surface area contributed by atoms with Gasteiger partial charge in [0, 0.05) is 21.6 Å². The highest BCUT2D eigenvalue weighted by Crippen LogP contribution is 2.39. The maximum Gasteiger partial charge on any atom is 0.306 e. The van der Waals surface area contributed by atoms with Crippen molar-refractivity contribution in [2.45, 2.75) is 46.2 Å². The summed E-state index contributed by atoms with van der Waals surface area (Å²) in [5.74, 6) is 6.35. The summed E-state index contributed by atoms with van der Waals surface area (Å²) in [6.45, 7) is 7.86. The number of hydrogen-bond acceptors (Lipinski definition) is 6. The third-order valence-corrected chi connectivity index (χ3v) is 6.40. The Kier molecular flexibility index (Phi) is 5.48.